The molecule has 2 unspecified atom stereocenters. The second-order valence-corrected chi connectivity index (χ2v) is 15.0. The molecule has 0 aliphatic carbocycles. The third kappa shape index (κ3) is 34.9. The van der Waals surface area contributed by atoms with Crippen molar-refractivity contribution in [1.82, 2.24) is 0 Å². The average molecular weight is 651 g/mol. The number of hydrogen-bond acceptors (Lipinski definition) is 5. The van der Waals surface area contributed by atoms with Crippen molar-refractivity contribution >= 4 is 7.60 Å². The van der Waals surface area contributed by atoms with Gasteiger partial charge in [-0.2, -0.15) is 0 Å². The highest BCUT2D eigenvalue weighted by molar-refractivity contribution is 7.51. The number of ether oxygens (including phenoxy) is 2. The molecule has 7 nitrogen and oxygen atoms in total. The molecule has 3 atom stereocenters. The maximum Gasteiger partial charge on any atom is 0.325 e. The Bertz CT molecular complexity index is 615. The van der Waals surface area contributed by atoms with Crippen LogP contribution in [-0.2, 0) is 14.0 Å². The lowest BCUT2D eigenvalue weighted by atomic mass is 10.0. The molecule has 0 spiro atoms. The Labute approximate surface area is 272 Å². The summed E-state index contributed by atoms with van der Waals surface area (Å²) in [7, 11) is -4.19. The highest BCUT2D eigenvalue weighted by atomic mass is 31.2. The maximum atomic E-state index is 11.4. The maximum absolute atomic E-state index is 11.4. The van der Waals surface area contributed by atoms with Gasteiger partial charge in [0, 0.05) is 0 Å². The molecule has 0 bridgehead atoms. The predicted octanol–water partition coefficient (Wildman–Crippen LogP) is 10.6. The van der Waals surface area contributed by atoms with Crippen LogP contribution in [0.4, 0.5) is 0 Å². The number of unbranched alkanes of at least 4 members (excludes halogenated alkanes) is 24. The summed E-state index contributed by atoms with van der Waals surface area (Å²) in [5.41, 5.74) is 0. The highest BCUT2D eigenvalue weighted by Gasteiger charge is 2.22. The first-order valence-electron chi connectivity index (χ1n) is 19.0. The summed E-state index contributed by atoms with van der Waals surface area (Å²) >= 11 is 0. The molecule has 266 valence electrons. The minimum absolute atomic E-state index is 0.00920. The van der Waals surface area contributed by atoms with Crippen molar-refractivity contribution in [2.45, 2.75) is 219 Å². The van der Waals surface area contributed by atoms with E-state index in [4.69, 9.17) is 9.47 Å². The van der Waals surface area contributed by atoms with Gasteiger partial charge in [0.1, 0.15) is 0 Å². The van der Waals surface area contributed by atoms with Crippen LogP contribution in [0.25, 0.3) is 0 Å². The van der Waals surface area contributed by atoms with Crippen LogP contribution in [0.1, 0.15) is 200 Å². The van der Waals surface area contributed by atoms with Crippen LogP contribution >= 0.6 is 7.60 Å². The molecule has 0 heterocycles. The summed E-state index contributed by atoms with van der Waals surface area (Å²) in [5, 5.41) is 20.7. The van der Waals surface area contributed by atoms with Crippen molar-refractivity contribution in [3.05, 3.63) is 0 Å². The third-order valence-electron chi connectivity index (χ3n) is 8.68. The molecular weight excluding hydrogens is 575 g/mol. The third-order valence-corrected chi connectivity index (χ3v) is 9.52. The summed E-state index contributed by atoms with van der Waals surface area (Å²) in [6, 6.07) is 0. The molecule has 0 aliphatic heterocycles. The SMILES string of the molecule is CCCCCCCCCCCCCCCC(O)OCC(CCP(=O)(O)O)O[C@H](O)CCCCCCCCCCCCCCC. The van der Waals surface area contributed by atoms with Crippen molar-refractivity contribution < 1.29 is 34.0 Å². The Hall–Kier alpha value is -0.0100. The van der Waals surface area contributed by atoms with Crippen molar-refractivity contribution in [3.8, 4) is 0 Å². The van der Waals surface area contributed by atoms with Crippen LogP contribution in [-0.4, -0.2) is 51.5 Å². The molecule has 4 N–H and O–H groups in total. The monoisotopic (exact) mass is 651 g/mol. The van der Waals surface area contributed by atoms with E-state index < -0.39 is 26.3 Å². The van der Waals surface area contributed by atoms with Gasteiger partial charge in [-0.15, -0.1) is 0 Å². The summed E-state index contributed by atoms with van der Waals surface area (Å²) in [5.74, 6) is 0. The van der Waals surface area contributed by atoms with Gasteiger partial charge in [0.05, 0.1) is 18.9 Å². The first-order valence-corrected chi connectivity index (χ1v) is 20.8. The minimum atomic E-state index is -4.19. The largest absolute Gasteiger partial charge is 0.368 e. The zero-order valence-corrected chi connectivity index (χ0v) is 30.0. The van der Waals surface area contributed by atoms with Gasteiger partial charge in [0.15, 0.2) is 12.6 Å². The lowest BCUT2D eigenvalue weighted by Crippen LogP contribution is -2.29. The van der Waals surface area contributed by atoms with Crippen LogP contribution in [0.3, 0.4) is 0 Å². The zero-order chi connectivity index (χ0) is 32.6. The second kappa shape index (κ2) is 32.9. The number of aliphatic hydroxyl groups excluding tert-OH is 2. The average Bonchev–Trinajstić information content (AvgIpc) is 2.98. The van der Waals surface area contributed by atoms with E-state index in [0.29, 0.717) is 12.8 Å². The summed E-state index contributed by atoms with van der Waals surface area (Å²) in [4.78, 5) is 18.6. The lowest BCUT2D eigenvalue weighted by molar-refractivity contribution is -0.184. The van der Waals surface area contributed by atoms with Crippen LogP contribution in [0.5, 0.6) is 0 Å². The van der Waals surface area contributed by atoms with Crippen molar-refractivity contribution in [3.63, 3.8) is 0 Å². The Morgan fingerprint density at radius 1 is 0.477 bits per heavy atom. The summed E-state index contributed by atoms with van der Waals surface area (Å²) in [6.45, 7) is 4.52. The predicted molar refractivity (Wildman–Crippen MR) is 185 cm³/mol. The number of hydrogen-bond donors (Lipinski definition) is 4. The molecule has 0 aromatic heterocycles. The van der Waals surface area contributed by atoms with Crippen LogP contribution in [0.15, 0.2) is 0 Å². The first-order chi connectivity index (χ1) is 21.3. The van der Waals surface area contributed by atoms with E-state index in [1.807, 2.05) is 0 Å². The van der Waals surface area contributed by atoms with Gasteiger partial charge in [-0.25, -0.2) is 0 Å². The van der Waals surface area contributed by atoms with Crippen molar-refractivity contribution in [2.24, 2.45) is 0 Å². The van der Waals surface area contributed by atoms with Crippen LogP contribution < -0.4 is 0 Å². The van der Waals surface area contributed by atoms with E-state index >= 15 is 0 Å². The molecular formula is C36H75O7P. The van der Waals surface area contributed by atoms with E-state index in [2.05, 4.69) is 13.8 Å². The molecule has 44 heavy (non-hydrogen) atoms. The molecule has 0 radical (unpaired) electrons. The Kier molecular flexibility index (Phi) is 32.9. The van der Waals surface area contributed by atoms with Gasteiger partial charge in [-0.05, 0) is 32.1 Å². The molecule has 8 heteroatoms. The van der Waals surface area contributed by atoms with Crippen LogP contribution in [0.2, 0.25) is 0 Å². The smallest absolute Gasteiger partial charge is 0.325 e. The van der Waals surface area contributed by atoms with E-state index in [-0.39, 0.29) is 19.2 Å². The normalized spacial score (nSPS) is 14.2. The fraction of sp³-hybridized carbons (Fsp3) is 1.00. The highest BCUT2D eigenvalue weighted by Crippen LogP contribution is 2.35. The molecule has 0 aliphatic rings. The van der Waals surface area contributed by atoms with Crippen LogP contribution in [0, 0.1) is 0 Å². The van der Waals surface area contributed by atoms with E-state index in [0.717, 1.165) is 32.1 Å². The van der Waals surface area contributed by atoms with Gasteiger partial charge in [0.25, 0.3) is 0 Å². The fourth-order valence-electron chi connectivity index (χ4n) is 5.77. The number of aliphatic hydroxyl groups is 2. The van der Waals surface area contributed by atoms with Gasteiger partial charge in [-0.3, -0.25) is 4.57 Å². The second-order valence-electron chi connectivity index (χ2n) is 13.2. The van der Waals surface area contributed by atoms with Gasteiger partial charge in [-0.1, -0.05) is 168 Å². The Balaban J connectivity index is 3.92. The fourth-order valence-corrected chi connectivity index (χ4v) is 6.39. The van der Waals surface area contributed by atoms with E-state index in [9.17, 15) is 24.6 Å². The van der Waals surface area contributed by atoms with Gasteiger partial charge in [0.2, 0.25) is 0 Å². The first kappa shape index (κ1) is 44.0. The molecule has 0 saturated heterocycles. The minimum Gasteiger partial charge on any atom is -0.368 e. The molecule has 0 rings (SSSR count). The van der Waals surface area contributed by atoms with Crippen molar-refractivity contribution in [1.29, 1.82) is 0 Å². The van der Waals surface area contributed by atoms with Crippen molar-refractivity contribution in [2.75, 3.05) is 12.8 Å². The molecule has 0 amide bonds. The molecule has 0 saturated carbocycles. The standard InChI is InChI=1S/C36H75O7P/c1-3-5-7-9-11-13-15-17-19-21-23-25-27-29-35(37)42-33-34(31-32-44(39,40)41)43-36(38)30-28-26-24-22-20-18-16-14-12-10-8-6-4-2/h34-38H,3-33H2,1-2H3,(H2,39,40,41)/t34?,35?,36-/m0/s1. The quantitative estimate of drug-likeness (QED) is 0.0303. The molecule has 0 fully saturated rings. The van der Waals surface area contributed by atoms with E-state index in [1.165, 1.54) is 135 Å². The lowest BCUT2D eigenvalue weighted by Gasteiger charge is -2.23. The van der Waals surface area contributed by atoms with Gasteiger partial charge >= 0.3 is 7.60 Å². The summed E-state index contributed by atoms with van der Waals surface area (Å²) < 4.78 is 22.7. The van der Waals surface area contributed by atoms with E-state index in [1.54, 1.807) is 0 Å². The number of rotatable bonds is 36. The summed E-state index contributed by atoms with van der Waals surface area (Å²) in [6.07, 6.45) is 31.0. The Morgan fingerprint density at radius 3 is 1.14 bits per heavy atom. The Morgan fingerprint density at radius 2 is 0.795 bits per heavy atom. The van der Waals surface area contributed by atoms with Gasteiger partial charge < -0.3 is 29.5 Å². The zero-order valence-electron chi connectivity index (χ0n) is 29.1. The topological polar surface area (TPSA) is 116 Å². The molecule has 0 aromatic carbocycles. The molecule has 0 aromatic rings.